The first kappa shape index (κ1) is 8.93. The third-order valence-electron chi connectivity index (χ3n) is 1.54. The zero-order valence-electron chi connectivity index (χ0n) is 6.66. The minimum Gasteiger partial charge on any atom is -0.439 e. The standard InChI is InChI=1S/C8H7BrN2OS/c9-7-2-1-6(13-7)8-11-4-5(3-10)12-8/h1-2,4H,3,10H2. The molecule has 0 atom stereocenters. The highest BCUT2D eigenvalue weighted by atomic mass is 79.9. The van der Waals surface area contributed by atoms with Crippen LogP contribution in [0.15, 0.2) is 26.5 Å². The first-order valence-electron chi connectivity index (χ1n) is 3.70. The molecule has 0 aliphatic rings. The average Bonchev–Trinajstić information content (AvgIpc) is 2.71. The van der Waals surface area contributed by atoms with Crippen LogP contribution in [0.5, 0.6) is 0 Å². The van der Waals surface area contributed by atoms with Crippen LogP contribution >= 0.6 is 27.3 Å². The number of nitrogens with two attached hydrogens (primary N) is 1. The zero-order valence-corrected chi connectivity index (χ0v) is 9.06. The van der Waals surface area contributed by atoms with Crippen molar-refractivity contribution < 1.29 is 4.42 Å². The first-order chi connectivity index (χ1) is 6.29. The average molecular weight is 259 g/mol. The predicted octanol–water partition coefficient (Wildman–Crippen LogP) is 2.62. The summed E-state index contributed by atoms with van der Waals surface area (Å²) in [6.45, 7) is 0.388. The van der Waals surface area contributed by atoms with Gasteiger partial charge in [-0.25, -0.2) is 4.98 Å². The molecule has 5 heteroatoms. The quantitative estimate of drug-likeness (QED) is 0.901. The molecular formula is C8H7BrN2OS. The molecular weight excluding hydrogens is 252 g/mol. The number of rotatable bonds is 2. The molecule has 0 aromatic carbocycles. The normalized spacial score (nSPS) is 10.6. The molecule has 2 aromatic heterocycles. The van der Waals surface area contributed by atoms with E-state index >= 15 is 0 Å². The van der Waals surface area contributed by atoms with Crippen LogP contribution in [0.3, 0.4) is 0 Å². The second kappa shape index (κ2) is 3.61. The van der Waals surface area contributed by atoms with E-state index in [1.54, 1.807) is 17.5 Å². The number of hydrogen-bond acceptors (Lipinski definition) is 4. The molecule has 0 unspecified atom stereocenters. The van der Waals surface area contributed by atoms with Gasteiger partial charge in [0.05, 0.1) is 21.4 Å². The Morgan fingerprint density at radius 2 is 2.38 bits per heavy atom. The Balaban J connectivity index is 2.35. The van der Waals surface area contributed by atoms with E-state index in [9.17, 15) is 0 Å². The molecule has 0 spiro atoms. The van der Waals surface area contributed by atoms with Crippen LogP contribution < -0.4 is 5.73 Å². The fourth-order valence-electron chi connectivity index (χ4n) is 0.945. The topological polar surface area (TPSA) is 52.0 Å². The van der Waals surface area contributed by atoms with Gasteiger partial charge in [-0.3, -0.25) is 0 Å². The van der Waals surface area contributed by atoms with E-state index < -0.39 is 0 Å². The molecule has 2 aromatic rings. The zero-order chi connectivity index (χ0) is 9.26. The van der Waals surface area contributed by atoms with E-state index in [-0.39, 0.29) is 0 Å². The maximum atomic E-state index is 5.41. The molecule has 0 aliphatic heterocycles. The van der Waals surface area contributed by atoms with Gasteiger partial charge in [0.2, 0.25) is 5.89 Å². The van der Waals surface area contributed by atoms with Crippen LogP contribution in [-0.4, -0.2) is 4.98 Å². The molecule has 13 heavy (non-hydrogen) atoms. The summed E-state index contributed by atoms with van der Waals surface area (Å²) in [7, 11) is 0. The minimum atomic E-state index is 0.388. The largest absolute Gasteiger partial charge is 0.439 e. The summed E-state index contributed by atoms with van der Waals surface area (Å²) >= 11 is 4.96. The predicted molar refractivity (Wildman–Crippen MR) is 55.4 cm³/mol. The Bertz CT molecular complexity index is 410. The summed E-state index contributed by atoms with van der Waals surface area (Å²) in [4.78, 5) is 5.12. The third kappa shape index (κ3) is 1.82. The number of oxazole rings is 1. The third-order valence-corrected chi connectivity index (χ3v) is 3.15. The van der Waals surface area contributed by atoms with E-state index in [2.05, 4.69) is 20.9 Å². The van der Waals surface area contributed by atoms with E-state index in [0.29, 0.717) is 18.2 Å². The van der Waals surface area contributed by atoms with Gasteiger partial charge in [-0.1, -0.05) is 0 Å². The van der Waals surface area contributed by atoms with Crippen molar-refractivity contribution in [2.75, 3.05) is 0 Å². The summed E-state index contributed by atoms with van der Waals surface area (Å²) in [5.74, 6) is 1.34. The van der Waals surface area contributed by atoms with Crippen molar-refractivity contribution in [1.82, 2.24) is 4.98 Å². The van der Waals surface area contributed by atoms with Gasteiger partial charge in [-0.05, 0) is 28.1 Å². The van der Waals surface area contributed by atoms with Crippen LogP contribution in [0.25, 0.3) is 10.8 Å². The molecule has 2 heterocycles. The van der Waals surface area contributed by atoms with E-state index in [1.165, 1.54) is 0 Å². The van der Waals surface area contributed by atoms with Gasteiger partial charge in [0.15, 0.2) is 0 Å². The Kier molecular flexibility index (Phi) is 2.48. The van der Waals surface area contributed by atoms with Gasteiger partial charge in [0, 0.05) is 0 Å². The Morgan fingerprint density at radius 1 is 1.54 bits per heavy atom. The maximum absolute atomic E-state index is 5.41. The van der Waals surface area contributed by atoms with Gasteiger partial charge >= 0.3 is 0 Å². The molecule has 2 N–H and O–H groups in total. The summed E-state index contributed by atoms with van der Waals surface area (Å²) in [5.41, 5.74) is 5.41. The van der Waals surface area contributed by atoms with Crippen LogP contribution in [0.2, 0.25) is 0 Å². The molecule has 3 nitrogen and oxygen atoms in total. The van der Waals surface area contributed by atoms with Crippen molar-refractivity contribution in [3.63, 3.8) is 0 Å². The van der Waals surface area contributed by atoms with Crippen LogP contribution in [0.1, 0.15) is 5.76 Å². The van der Waals surface area contributed by atoms with Crippen molar-refractivity contribution in [2.45, 2.75) is 6.54 Å². The summed E-state index contributed by atoms with van der Waals surface area (Å²) in [6, 6.07) is 3.92. The molecule has 0 amide bonds. The fraction of sp³-hybridized carbons (Fsp3) is 0.125. The second-order valence-corrected chi connectivity index (χ2v) is 4.90. The number of hydrogen-bond donors (Lipinski definition) is 1. The molecule has 0 bridgehead atoms. The number of halogens is 1. The maximum Gasteiger partial charge on any atom is 0.236 e. The summed E-state index contributed by atoms with van der Waals surface area (Å²) in [5, 5.41) is 0. The highest BCUT2D eigenvalue weighted by Gasteiger charge is 2.07. The van der Waals surface area contributed by atoms with E-state index in [4.69, 9.17) is 10.2 Å². The molecule has 0 radical (unpaired) electrons. The SMILES string of the molecule is NCc1cnc(-c2ccc(Br)s2)o1. The van der Waals surface area contributed by atoms with Gasteiger partial charge in [-0.15, -0.1) is 11.3 Å². The van der Waals surface area contributed by atoms with Crippen molar-refractivity contribution in [1.29, 1.82) is 0 Å². The van der Waals surface area contributed by atoms with Gasteiger partial charge in [0.1, 0.15) is 5.76 Å². The fourth-order valence-corrected chi connectivity index (χ4v) is 2.26. The number of nitrogens with zero attached hydrogens (tertiary/aromatic N) is 1. The molecule has 0 aliphatic carbocycles. The highest BCUT2D eigenvalue weighted by Crippen LogP contribution is 2.30. The van der Waals surface area contributed by atoms with Crippen molar-refractivity contribution in [3.05, 3.63) is 27.9 Å². The minimum absolute atomic E-state index is 0.388. The van der Waals surface area contributed by atoms with Gasteiger partial charge in [-0.2, -0.15) is 0 Å². The summed E-state index contributed by atoms with van der Waals surface area (Å²) < 4.78 is 6.45. The Morgan fingerprint density at radius 3 is 2.92 bits per heavy atom. The molecule has 2 rings (SSSR count). The van der Waals surface area contributed by atoms with Crippen LogP contribution in [0.4, 0.5) is 0 Å². The first-order valence-corrected chi connectivity index (χ1v) is 5.31. The van der Waals surface area contributed by atoms with Crippen LogP contribution in [0, 0.1) is 0 Å². The lowest BCUT2D eigenvalue weighted by Gasteiger charge is -1.87. The molecule has 0 saturated carbocycles. The lowest BCUT2D eigenvalue weighted by Crippen LogP contribution is -1.92. The molecule has 0 fully saturated rings. The summed E-state index contributed by atoms with van der Waals surface area (Å²) in [6.07, 6.45) is 1.66. The van der Waals surface area contributed by atoms with Gasteiger partial charge in [0.25, 0.3) is 0 Å². The van der Waals surface area contributed by atoms with Crippen molar-refractivity contribution in [3.8, 4) is 10.8 Å². The smallest absolute Gasteiger partial charge is 0.236 e. The highest BCUT2D eigenvalue weighted by molar-refractivity contribution is 9.11. The van der Waals surface area contributed by atoms with E-state index in [1.807, 2.05) is 12.1 Å². The van der Waals surface area contributed by atoms with Crippen LogP contribution in [-0.2, 0) is 6.54 Å². The Labute approximate surface area is 87.7 Å². The van der Waals surface area contributed by atoms with E-state index in [0.717, 1.165) is 8.66 Å². The number of aromatic nitrogens is 1. The molecule has 0 saturated heterocycles. The second-order valence-electron chi connectivity index (χ2n) is 2.44. The number of thiophene rings is 1. The lowest BCUT2D eigenvalue weighted by molar-refractivity contribution is 0.522. The monoisotopic (exact) mass is 258 g/mol. The van der Waals surface area contributed by atoms with Crippen molar-refractivity contribution in [2.24, 2.45) is 5.73 Å². The Hall–Kier alpha value is -0.650. The van der Waals surface area contributed by atoms with Gasteiger partial charge < -0.3 is 10.2 Å². The lowest BCUT2D eigenvalue weighted by atomic mass is 10.5. The van der Waals surface area contributed by atoms with Crippen molar-refractivity contribution >= 4 is 27.3 Å². The molecule has 68 valence electrons.